The maximum Gasteiger partial charge on any atom is 0.408 e. The normalized spacial score (nSPS) is 13.0. The Hall–Kier alpha value is -3.35. The van der Waals surface area contributed by atoms with Gasteiger partial charge in [0.05, 0.1) is 0 Å². The standard InChI is InChI=1S/C30H43N3O4/c1-8-9-19-33(26(27(34)31-21(2)3)24-18-14-13-15-22(24)4)28(35)25(20-23-16-11-10-12-17-23)32-29(36)37-30(5,6)7/h10-18,21,25-26H,8-9,19-20H2,1-7H3,(H,31,34)(H,32,36). The molecule has 37 heavy (non-hydrogen) atoms. The number of carbonyl (C=O) groups excluding carboxylic acids is 3. The molecule has 2 atom stereocenters. The topological polar surface area (TPSA) is 87.7 Å². The Balaban J connectivity index is 2.54. The van der Waals surface area contributed by atoms with E-state index < -0.39 is 23.8 Å². The number of nitrogens with zero attached hydrogens (tertiary/aromatic N) is 1. The van der Waals surface area contributed by atoms with Crippen LogP contribution in [0, 0.1) is 6.92 Å². The molecule has 0 saturated heterocycles. The lowest BCUT2D eigenvalue weighted by Gasteiger charge is -2.35. The Morgan fingerprint density at radius 2 is 1.57 bits per heavy atom. The van der Waals surface area contributed by atoms with Crippen molar-refractivity contribution in [2.24, 2.45) is 0 Å². The van der Waals surface area contributed by atoms with Crippen LogP contribution in [0.1, 0.15) is 77.1 Å². The van der Waals surface area contributed by atoms with E-state index in [4.69, 9.17) is 4.74 Å². The van der Waals surface area contributed by atoms with Gasteiger partial charge in [-0.3, -0.25) is 9.59 Å². The Morgan fingerprint density at radius 3 is 2.14 bits per heavy atom. The van der Waals surface area contributed by atoms with Crippen molar-refractivity contribution in [2.45, 2.75) is 91.5 Å². The van der Waals surface area contributed by atoms with Crippen LogP contribution in [-0.2, 0) is 20.7 Å². The molecule has 0 heterocycles. The second kappa shape index (κ2) is 13.8. The van der Waals surface area contributed by atoms with Crippen LogP contribution in [0.15, 0.2) is 54.6 Å². The first-order valence-corrected chi connectivity index (χ1v) is 13.1. The van der Waals surface area contributed by atoms with Crippen molar-refractivity contribution in [3.8, 4) is 0 Å². The molecular formula is C30H43N3O4. The van der Waals surface area contributed by atoms with Crippen LogP contribution >= 0.6 is 0 Å². The molecule has 0 spiro atoms. The van der Waals surface area contributed by atoms with Gasteiger partial charge in [-0.25, -0.2) is 4.79 Å². The van der Waals surface area contributed by atoms with Crippen molar-refractivity contribution in [1.82, 2.24) is 15.5 Å². The lowest BCUT2D eigenvalue weighted by atomic mass is 9.96. The van der Waals surface area contributed by atoms with Gasteiger partial charge in [0.2, 0.25) is 11.8 Å². The number of hydrogen-bond acceptors (Lipinski definition) is 4. The van der Waals surface area contributed by atoms with E-state index in [-0.39, 0.29) is 24.3 Å². The number of unbranched alkanes of at least 4 members (excludes halogenated alkanes) is 1. The van der Waals surface area contributed by atoms with E-state index in [0.717, 1.165) is 23.1 Å². The van der Waals surface area contributed by atoms with Gasteiger partial charge < -0.3 is 20.3 Å². The van der Waals surface area contributed by atoms with Gasteiger partial charge in [0.25, 0.3) is 0 Å². The SMILES string of the molecule is CCCCN(C(=O)C(Cc1ccccc1)NC(=O)OC(C)(C)C)C(C(=O)NC(C)C)c1ccccc1C. The van der Waals surface area contributed by atoms with Gasteiger partial charge in [-0.05, 0) is 64.7 Å². The minimum absolute atomic E-state index is 0.0952. The van der Waals surface area contributed by atoms with Crippen molar-refractivity contribution < 1.29 is 19.1 Å². The van der Waals surface area contributed by atoms with Crippen LogP contribution in [-0.4, -0.2) is 47.0 Å². The molecule has 0 aromatic heterocycles. The van der Waals surface area contributed by atoms with Crippen molar-refractivity contribution in [3.05, 3.63) is 71.3 Å². The zero-order valence-corrected chi connectivity index (χ0v) is 23.3. The van der Waals surface area contributed by atoms with Crippen molar-refractivity contribution in [1.29, 1.82) is 0 Å². The quantitative estimate of drug-likeness (QED) is 0.429. The number of carbonyl (C=O) groups is 3. The van der Waals surface area contributed by atoms with E-state index in [2.05, 4.69) is 10.6 Å². The molecule has 2 rings (SSSR count). The molecule has 3 amide bonds. The zero-order valence-electron chi connectivity index (χ0n) is 23.3. The number of alkyl carbamates (subject to hydrolysis) is 1. The van der Waals surface area contributed by atoms with Crippen molar-refractivity contribution in [3.63, 3.8) is 0 Å². The Morgan fingerprint density at radius 1 is 0.946 bits per heavy atom. The number of rotatable bonds is 11. The molecule has 2 N–H and O–H groups in total. The van der Waals surface area contributed by atoms with E-state index in [0.29, 0.717) is 13.0 Å². The summed E-state index contributed by atoms with van der Waals surface area (Å²) < 4.78 is 5.48. The third-order valence-corrected chi connectivity index (χ3v) is 5.78. The first-order valence-electron chi connectivity index (χ1n) is 13.1. The maximum atomic E-state index is 14.2. The summed E-state index contributed by atoms with van der Waals surface area (Å²) in [6, 6.07) is 15.3. The number of benzene rings is 2. The monoisotopic (exact) mass is 509 g/mol. The molecular weight excluding hydrogens is 466 g/mol. The van der Waals surface area contributed by atoms with E-state index in [1.54, 1.807) is 25.7 Å². The van der Waals surface area contributed by atoms with Crippen LogP contribution in [0.5, 0.6) is 0 Å². The van der Waals surface area contributed by atoms with E-state index in [9.17, 15) is 14.4 Å². The molecule has 0 aliphatic rings. The predicted molar refractivity (Wildman–Crippen MR) is 147 cm³/mol. The van der Waals surface area contributed by atoms with Gasteiger partial charge in [-0.1, -0.05) is 67.9 Å². The summed E-state index contributed by atoms with van der Waals surface area (Å²) in [5.74, 6) is -0.570. The molecule has 202 valence electrons. The second-order valence-electron chi connectivity index (χ2n) is 10.7. The van der Waals surface area contributed by atoms with Gasteiger partial charge in [0, 0.05) is 19.0 Å². The fraction of sp³-hybridized carbons (Fsp3) is 0.500. The highest BCUT2D eigenvalue weighted by Crippen LogP contribution is 2.27. The van der Waals surface area contributed by atoms with Gasteiger partial charge in [0.1, 0.15) is 17.7 Å². The Bertz CT molecular complexity index is 1030. The highest BCUT2D eigenvalue weighted by molar-refractivity contribution is 5.92. The third kappa shape index (κ3) is 9.56. The van der Waals surface area contributed by atoms with Crippen LogP contribution in [0.3, 0.4) is 0 Å². The number of ether oxygens (including phenoxy) is 1. The molecule has 7 heteroatoms. The highest BCUT2D eigenvalue weighted by atomic mass is 16.6. The average Bonchev–Trinajstić information content (AvgIpc) is 2.80. The predicted octanol–water partition coefficient (Wildman–Crippen LogP) is 5.33. The molecule has 0 radical (unpaired) electrons. The van der Waals surface area contributed by atoms with Gasteiger partial charge >= 0.3 is 6.09 Å². The third-order valence-electron chi connectivity index (χ3n) is 5.78. The zero-order chi connectivity index (χ0) is 27.6. The first-order chi connectivity index (χ1) is 17.4. The van der Waals surface area contributed by atoms with Crippen LogP contribution in [0.25, 0.3) is 0 Å². The lowest BCUT2D eigenvalue weighted by Crippen LogP contribution is -2.54. The van der Waals surface area contributed by atoms with Crippen LogP contribution in [0.2, 0.25) is 0 Å². The number of nitrogens with one attached hydrogen (secondary N) is 2. The smallest absolute Gasteiger partial charge is 0.408 e. The fourth-order valence-corrected chi connectivity index (χ4v) is 4.10. The van der Waals surface area contributed by atoms with Gasteiger partial charge in [-0.15, -0.1) is 0 Å². The Kier molecular flexibility index (Phi) is 11.2. The molecule has 0 bridgehead atoms. The minimum atomic E-state index is -0.910. The molecule has 7 nitrogen and oxygen atoms in total. The molecule has 0 fully saturated rings. The molecule has 2 aromatic rings. The molecule has 0 aliphatic carbocycles. The number of hydrogen-bond donors (Lipinski definition) is 2. The summed E-state index contributed by atoms with van der Waals surface area (Å²) in [5, 5.41) is 5.79. The second-order valence-corrected chi connectivity index (χ2v) is 10.7. The molecule has 0 aliphatic heterocycles. The number of aryl methyl sites for hydroxylation is 1. The Labute approximate surface area is 222 Å². The van der Waals surface area contributed by atoms with Crippen LogP contribution < -0.4 is 10.6 Å². The van der Waals surface area contributed by atoms with Crippen molar-refractivity contribution in [2.75, 3.05) is 6.54 Å². The van der Waals surface area contributed by atoms with Gasteiger partial charge in [-0.2, -0.15) is 0 Å². The van der Waals surface area contributed by atoms with Gasteiger partial charge in [0.15, 0.2) is 0 Å². The lowest BCUT2D eigenvalue weighted by molar-refractivity contribution is -0.142. The summed E-state index contributed by atoms with van der Waals surface area (Å²) in [7, 11) is 0. The summed E-state index contributed by atoms with van der Waals surface area (Å²) in [6.07, 6.45) is 1.16. The largest absolute Gasteiger partial charge is 0.444 e. The van der Waals surface area contributed by atoms with E-state index >= 15 is 0 Å². The summed E-state index contributed by atoms with van der Waals surface area (Å²) >= 11 is 0. The average molecular weight is 510 g/mol. The summed E-state index contributed by atoms with van der Waals surface area (Å²) in [6.45, 7) is 13.5. The summed E-state index contributed by atoms with van der Waals surface area (Å²) in [5.41, 5.74) is 1.86. The van der Waals surface area contributed by atoms with E-state index in [1.807, 2.05) is 82.3 Å². The summed E-state index contributed by atoms with van der Waals surface area (Å²) in [4.78, 5) is 42.2. The fourth-order valence-electron chi connectivity index (χ4n) is 4.10. The number of amides is 3. The van der Waals surface area contributed by atoms with Crippen LogP contribution in [0.4, 0.5) is 4.79 Å². The highest BCUT2D eigenvalue weighted by Gasteiger charge is 2.36. The molecule has 2 unspecified atom stereocenters. The maximum absolute atomic E-state index is 14.2. The van der Waals surface area contributed by atoms with E-state index in [1.165, 1.54) is 0 Å². The van der Waals surface area contributed by atoms with Crippen molar-refractivity contribution >= 4 is 17.9 Å². The molecule has 2 aromatic carbocycles. The first kappa shape index (κ1) is 29.9. The molecule has 0 saturated carbocycles. The minimum Gasteiger partial charge on any atom is -0.444 e.